The smallest absolute Gasteiger partial charge is 0.287 e. The Balaban J connectivity index is 1.72. The molecule has 2 heterocycles. The van der Waals surface area contributed by atoms with Crippen LogP contribution in [0.2, 0.25) is 0 Å². The molecule has 1 aromatic heterocycles. The van der Waals surface area contributed by atoms with Crippen LogP contribution in [0.3, 0.4) is 0 Å². The van der Waals surface area contributed by atoms with Gasteiger partial charge in [0.05, 0.1) is 12.3 Å². The number of benzene rings is 1. The molecule has 0 saturated carbocycles. The van der Waals surface area contributed by atoms with E-state index >= 15 is 0 Å². The molecule has 1 unspecified atom stereocenters. The molecule has 1 fully saturated rings. The zero-order valence-electron chi connectivity index (χ0n) is 14.4. The van der Waals surface area contributed by atoms with Crippen LogP contribution in [-0.2, 0) is 11.2 Å². The summed E-state index contributed by atoms with van der Waals surface area (Å²) in [6.07, 6.45) is 3.18. The molecule has 0 spiro atoms. The van der Waals surface area contributed by atoms with Gasteiger partial charge in [-0.3, -0.25) is 9.59 Å². The lowest BCUT2D eigenvalue weighted by atomic mass is 9.97. The van der Waals surface area contributed by atoms with Gasteiger partial charge in [0.15, 0.2) is 5.76 Å². The Morgan fingerprint density at radius 1 is 1.19 bits per heavy atom. The van der Waals surface area contributed by atoms with E-state index in [2.05, 4.69) is 11.4 Å². The fourth-order valence-electron chi connectivity index (χ4n) is 3.14. The molecule has 26 heavy (non-hydrogen) atoms. The van der Waals surface area contributed by atoms with E-state index in [0.29, 0.717) is 32.4 Å². The van der Waals surface area contributed by atoms with E-state index < -0.39 is 11.9 Å². The zero-order valence-corrected chi connectivity index (χ0v) is 14.4. The van der Waals surface area contributed by atoms with E-state index in [0.717, 1.165) is 5.56 Å². The Bertz CT molecular complexity index is 772. The molecule has 0 radical (unpaired) electrons. The van der Waals surface area contributed by atoms with E-state index in [1.54, 1.807) is 17.0 Å². The summed E-state index contributed by atoms with van der Waals surface area (Å²) in [6, 6.07) is 14.4. The first-order chi connectivity index (χ1) is 12.7. The Hall–Kier alpha value is -3.07. The summed E-state index contributed by atoms with van der Waals surface area (Å²) < 4.78 is 5.13. The number of hydrogen-bond acceptors (Lipinski definition) is 4. The van der Waals surface area contributed by atoms with E-state index in [1.807, 2.05) is 30.3 Å². The molecular formula is C20H21N3O3. The number of furan rings is 1. The average molecular weight is 351 g/mol. The van der Waals surface area contributed by atoms with Gasteiger partial charge >= 0.3 is 0 Å². The van der Waals surface area contributed by atoms with E-state index in [-0.39, 0.29) is 17.6 Å². The van der Waals surface area contributed by atoms with Crippen molar-refractivity contribution in [2.45, 2.75) is 25.3 Å². The normalized spacial score (nSPS) is 15.9. The lowest BCUT2D eigenvalue weighted by Crippen LogP contribution is -2.51. The lowest BCUT2D eigenvalue weighted by Gasteiger charge is -2.32. The van der Waals surface area contributed by atoms with Crippen LogP contribution in [0.4, 0.5) is 0 Å². The summed E-state index contributed by atoms with van der Waals surface area (Å²) >= 11 is 0. The highest BCUT2D eigenvalue weighted by molar-refractivity contribution is 5.95. The van der Waals surface area contributed by atoms with Gasteiger partial charge in [-0.15, -0.1) is 0 Å². The van der Waals surface area contributed by atoms with Gasteiger partial charge in [-0.2, -0.15) is 5.26 Å². The van der Waals surface area contributed by atoms with Gasteiger partial charge in [0.25, 0.3) is 5.91 Å². The van der Waals surface area contributed by atoms with Gasteiger partial charge in [0, 0.05) is 25.4 Å². The molecule has 1 aliphatic heterocycles. The molecule has 1 aromatic carbocycles. The number of nitriles is 1. The highest BCUT2D eigenvalue weighted by Gasteiger charge is 2.30. The molecule has 1 atom stereocenters. The molecule has 6 nitrogen and oxygen atoms in total. The van der Waals surface area contributed by atoms with Crippen molar-refractivity contribution in [2.75, 3.05) is 13.1 Å². The number of amides is 2. The first-order valence-corrected chi connectivity index (χ1v) is 8.74. The first kappa shape index (κ1) is 17.7. The standard InChI is InChI=1S/C20H21N3O3/c21-14-16-8-10-23(11-9-16)20(25)17(13-15-5-2-1-3-6-15)22-19(24)18-7-4-12-26-18/h1-7,12,16-17H,8-11,13H2,(H,22,24). The van der Waals surface area contributed by atoms with Crippen molar-refractivity contribution in [1.29, 1.82) is 5.26 Å². The topological polar surface area (TPSA) is 86.3 Å². The molecule has 2 aromatic rings. The third kappa shape index (κ3) is 4.31. The number of carbonyl (C=O) groups excluding carboxylic acids is 2. The minimum absolute atomic E-state index is 0.00401. The Kier molecular flexibility index (Phi) is 5.69. The lowest BCUT2D eigenvalue weighted by molar-refractivity contribution is -0.134. The number of rotatable bonds is 5. The number of nitrogens with zero attached hydrogens (tertiary/aromatic N) is 2. The molecule has 0 aliphatic carbocycles. The molecule has 1 N–H and O–H groups in total. The SMILES string of the molecule is N#CC1CCN(C(=O)C(Cc2ccccc2)NC(=O)c2ccco2)CC1. The Morgan fingerprint density at radius 2 is 1.92 bits per heavy atom. The second kappa shape index (κ2) is 8.34. The molecule has 1 aliphatic rings. The largest absolute Gasteiger partial charge is 0.459 e. The summed E-state index contributed by atoms with van der Waals surface area (Å²) in [7, 11) is 0. The first-order valence-electron chi connectivity index (χ1n) is 8.74. The van der Waals surface area contributed by atoms with Crippen molar-refractivity contribution < 1.29 is 14.0 Å². The zero-order chi connectivity index (χ0) is 18.4. The van der Waals surface area contributed by atoms with Gasteiger partial charge in [-0.05, 0) is 30.5 Å². The third-order valence-electron chi connectivity index (χ3n) is 4.62. The minimum Gasteiger partial charge on any atom is -0.459 e. The molecule has 6 heteroatoms. The maximum Gasteiger partial charge on any atom is 0.287 e. The van der Waals surface area contributed by atoms with Gasteiger partial charge in [-0.25, -0.2) is 0 Å². The second-order valence-corrected chi connectivity index (χ2v) is 6.42. The van der Waals surface area contributed by atoms with Crippen LogP contribution in [0.1, 0.15) is 29.0 Å². The Labute approximate surface area is 152 Å². The second-order valence-electron chi connectivity index (χ2n) is 6.42. The summed E-state index contributed by atoms with van der Waals surface area (Å²) in [6.45, 7) is 1.08. The van der Waals surface area contributed by atoms with Crippen LogP contribution in [-0.4, -0.2) is 35.8 Å². The van der Waals surface area contributed by atoms with E-state index in [4.69, 9.17) is 9.68 Å². The van der Waals surface area contributed by atoms with E-state index in [9.17, 15) is 9.59 Å². The summed E-state index contributed by atoms with van der Waals surface area (Å²) in [5, 5.41) is 11.8. The van der Waals surface area contributed by atoms with Crippen LogP contribution >= 0.6 is 0 Å². The average Bonchev–Trinajstić information content (AvgIpc) is 3.23. The van der Waals surface area contributed by atoms with Crippen LogP contribution in [0.15, 0.2) is 53.1 Å². The van der Waals surface area contributed by atoms with Gasteiger partial charge in [0.2, 0.25) is 5.91 Å². The predicted molar refractivity (Wildman–Crippen MR) is 95.0 cm³/mol. The highest BCUT2D eigenvalue weighted by Crippen LogP contribution is 2.18. The fraction of sp³-hybridized carbons (Fsp3) is 0.350. The Morgan fingerprint density at radius 3 is 2.54 bits per heavy atom. The van der Waals surface area contributed by atoms with Gasteiger partial charge < -0.3 is 14.6 Å². The predicted octanol–water partition coefficient (Wildman–Crippen LogP) is 2.38. The van der Waals surface area contributed by atoms with Crippen LogP contribution in [0.5, 0.6) is 0 Å². The summed E-state index contributed by atoms with van der Waals surface area (Å²) in [5.74, 6) is -0.343. The maximum absolute atomic E-state index is 13.0. The molecule has 2 amide bonds. The molecule has 3 rings (SSSR count). The number of hydrogen-bond donors (Lipinski definition) is 1. The fourth-order valence-corrected chi connectivity index (χ4v) is 3.14. The van der Waals surface area contributed by atoms with Crippen molar-refractivity contribution in [2.24, 2.45) is 5.92 Å². The number of carbonyl (C=O) groups is 2. The van der Waals surface area contributed by atoms with Crippen molar-refractivity contribution in [3.8, 4) is 6.07 Å². The van der Waals surface area contributed by atoms with Crippen LogP contribution in [0, 0.1) is 17.2 Å². The minimum atomic E-state index is -0.673. The van der Waals surface area contributed by atoms with Crippen molar-refractivity contribution in [1.82, 2.24) is 10.2 Å². The maximum atomic E-state index is 13.0. The number of likely N-dealkylation sites (tertiary alicyclic amines) is 1. The van der Waals surface area contributed by atoms with E-state index in [1.165, 1.54) is 6.26 Å². The quantitative estimate of drug-likeness (QED) is 0.896. The molecule has 134 valence electrons. The van der Waals surface area contributed by atoms with Crippen LogP contribution < -0.4 is 5.32 Å². The van der Waals surface area contributed by atoms with Crippen molar-refractivity contribution >= 4 is 11.8 Å². The van der Waals surface area contributed by atoms with Gasteiger partial charge in [0.1, 0.15) is 6.04 Å². The number of nitrogens with one attached hydrogen (secondary N) is 1. The molecule has 1 saturated heterocycles. The third-order valence-corrected chi connectivity index (χ3v) is 4.62. The van der Waals surface area contributed by atoms with Crippen LogP contribution in [0.25, 0.3) is 0 Å². The summed E-state index contributed by atoms with van der Waals surface area (Å²) in [5.41, 5.74) is 0.970. The summed E-state index contributed by atoms with van der Waals surface area (Å²) in [4.78, 5) is 27.1. The number of piperidine rings is 1. The monoisotopic (exact) mass is 351 g/mol. The van der Waals surface area contributed by atoms with Gasteiger partial charge in [-0.1, -0.05) is 30.3 Å². The van der Waals surface area contributed by atoms with Crippen molar-refractivity contribution in [3.63, 3.8) is 0 Å². The molecule has 0 bridgehead atoms. The van der Waals surface area contributed by atoms with Crippen molar-refractivity contribution in [3.05, 3.63) is 60.1 Å². The molecular weight excluding hydrogens is 330 g/mol. The highest BCUT2D eigenvalue weighted by atomic mass is 16.3.